The zero-order chi connectivity index (χ0) is 13.1. The first-order valence-electron chi connectivity index (χ1n) is 6.79. The number of rotatable bonds is 10. The van der Waals surface area contributed by atoms with Crippen LogP contribution in [0.1, 0.15) is 31.2 Å². The molecule has 0 amide bonds. The average molecular weight is 251 g/mol. The van der Waals surface area contributed by atoms with E-state index in [9.17, 15) is 0 Å². The van der Waals surface area contributed by atoms with Gasteiger partial charge < -0.3 is 15.2 Å². The molecule has 0 spiro atoms. The van der Waals surface area contributed by atoms with Gasteiger partial charge in [0.15, 0.2) is 0 Å². The second kappa shape index (κ2) is 10.1. The number of aliphatic hydroxyl groups is 1. The summed E-state index contributed by atoms with van der Waals surface area (Å²) in [5.41, 5.74) is 1.41. The Morgan fingerprint density at radius 1 is 1.17 bits per heavy atom. The van der Waals surface area contributed by atoms with Gasteiger partial charge in [0.2, 0.25) is 0 Å². The molecule has 0 aromatic heterocycles. The predicted molar refractivity (Wildman–Crippen MR) is 74.9 cm³/mol. The van der Waals surface area contributed by atoms with Crippen LogP contribution in [0.25, 0.3) is 0 Å². The molecule has 1 aromatic carbocycles. The summed E-state index contributed by atoms with van der Waals surface area (Å²) in [6, 6.07) is 10.6. The summed E-state index contributed by atoms with van der Waals surface area (Å²) in [6.45, 7) is 5.57. The quantitative estimate of drug-likeness (QED) is 0.626. The summed E-state index contributed by atoms with van der Waals surface area (Å²) in [4.78, 5) is 0. The van der Waals surface area contributed by atoms with Gasteiger partial charge in [0, 0.05) is 6.61 Å². The smallest absolute Gasteiger partial charge is 0.0697 e. The van der Waals surface area contributed by atoms with Crippen molar-refractivity contribution in [1.82, 2.24) is 5.32 Å². The van der Waals surface area contributed by atoms with Crippen LogP contribution in [0.3, 0.4) is 0 Å². The van der Waals surface area contributed by atoms with E-state index in [4.69, 9.17) is 9.84 Å². The second-order valence-corrected chi connectivity index (χ2v) is 4.54. The molecule has 18 heavy (non-hydrogen) atoms. The molecule has 2 N–H and O–H groups in total. The Labute approximate surface area is 110 Å². The first-order valence-corrected chi connectivity index (χ1v) is 6.79. The fraction of sp³-hybridized carbons (Fsp3) is 0.600. The van der Waals surface area contributed by atoms with E-state index in [1.165, 1.54) is 5.56 Å². The van der Waals surface area contributed by atoms with Crippen LogP contribution < -0.4 is 5.32 Å². The molecule has 1 rings (SSSR count). The first-order chi connectivity index (χ1) is 8.84. The van der Waals surface area contributed by atoms with Crippen LogP contribution in [0.2, 0.25) is 0 Å². The van der Waals surface area contributed by atoms with Gasteiger partial charge in [0.1, 0.15) is 0 Å². The van der Waals surface area contributed by atoms with Crippen molar-refractivity contribution in [2.75, 3.05) is 32.9 Å². The maximum Gasteiger partial charge on any atom is 0.0697 e. The maximum absolute atomic E-state index is 8.54. The third kappa shape index (κ3) is 6.74. The van der Waals surface area contributed by atoms with Crippen molar-refractivity contribution in [1.29, 1.82) is 0 Å². The maximum atomic E-state index is 8.54. The normalized spacial score (nSPS) is 12.6. The number of nitrogens with one attached hydrogen (secondary N) is 1. The molecule has 0 radical (unpaired) electrons. The summed E-state index contributed by atoms with van der Waals surface area (Å²) >= 11 is 0. The molecule has 1 aromatic rings. The van der Waals surface area contributed by atoms with Gasteiger partial charge in [-0.2, -0.15) is 0 Å². The Bertz CT molecular complexity index is 290. The monoisotopic (exact) mass is 251 g/mol. The molecule has 3 nitrogen and oxygen atoms in total. The molecular weight excluding hydrogens is 226 g/mol. The van der Waals surface area contributed by atoms with Gasteiger partial charge in [0.25, 0.3) is 0 Å². The predicted octanol–water partition coefficient (Wildman–Crippen LogP) is 2.17. The highest BCUT2D eigenvalue weighted by Gasteiger charge is 2.03. The summed E-state index contributed by atoms with van der Waals surface area (Å²) < 4.78 is 5.19. The number of aliphatic hydroxyl groups excluding tert-OH is 1. The number of benzene rings is 1. The van der Waals surface area contributed by atoms with Crippen molar-refractivity contribution in [2.45, 2.75) is 25.7 Å². The lowest BCUT2D eigenvalue weighted by Gasteiger charge is -2.12. The highest BCUT2D eigenvalue weighted by atomic mass is 16.5. The molecule has 0 fully saturated rings. The minimum atomic E-state index is 0.113. The standard InChI is InChI=1S/C15H25NO2/c1-14(15-6-3-2-4-7-15)8-10-16-9-5-12-18-13-11-17/h2-4,6-7,14,16-17H,5,8-13H2,1H3. The molecular formula is C15H25NO2. The molecule has 1 atom stereocenters. The Kier molecular flexibility index (Phi) is 8.47. The second-order valence-electron chi connectivity index (χ2n) is 4.54. The highest BCUT2D eigenvalue weighted by Crippen LogP contribution is 2.17. The first kappa shape index (κ1) is 15.2. The van der Waals surface area contributed by atoms with E-state index >= 15 is 0 Å². The van der Waals surface area contributed by atoms with E-state index in [2.05, 4.69) is 42.6 Å². The Morgan fingerprint density at radius 3 is 2.67 bits per heavy atom. The van der Waals surface area contributed by atoms with E-state index in [-0.39, 0.29) is 6.61 Å². The van der Waals surface area contributed by atoms with Crippen LogP contribution in [-0.2, 0) is 4.74 Å². The van der Waals surface area contributed by atoms with Gasteiger partial charge in [0.05, 0.1) is 13.2 Å². The van der Waals surface area contributed by atoms with Gasteiger partial charge >= 0.3 is 0 Å². The molecule has 0 aliphatic carbocycles. The van der Waals surface area contributed by atoms with Crippen molar-refractivity contribution >= 4 is 0 Å². The zero-order valence-electron chi connectivity index (χ0n) is 11.3. The molecule has 102 valence electrons. The summed E-state index contributed by atoms with van der Waals surface area (Å²) in [6.07, 6.45) is 2.15. The van der Waals surface area contributed by atoms with E-state index in [0.29, 0.717) is 12.5 Å². The summed E-state index contributed by atoms with van der Waals surface area (Å²) in [7, 11) is 0. The molecule has 0 heterocycles. The lowest BCUT2D eigenvalue weighted by Crippen LogP contribution is -2.19. The molecule has 0 saturated carbocycles. The van der Waals surface area contributed by atoms with E-state index in [0.717, 1.165) is 32.5 Å². The Hall–Kier alpha value is -0.900. The fourth-order valence-electron chi connectivity index (χ4n) is 1.86. The summed E-state index contributed by atoms with van der Waals surface area (Å²) in [5.74, 6) is 0.601. The van der Waals surface area contributed by atoms with Crippen LogP contribution in [0.4, 0.5) is 0 Å². The van der Waals surface area contributed by atoms with E-state index in [1.54, 1.807) is 0 Å². The molecule has 0 aliphatic rings. The lowest BCUT2D eigenvalue weighted by atomic mass is 9.98. The van der Waals surface area contributed by atoms with Gasteiger partial charge in [-0.1, -0.05) is 37.3 Å². The average Bonchev–Trinajstić information content (AvgIpc) is 2.42. The number of hydrogen-bond acceptors (Lipinski definition) is 3. The minimum Gasteiger partial charge on any atom is -0.394 e. The van der Waals surface area contributed by atoms with Gasteiger partial charge in [-0.25, -0.2) is 0 Å². The van der Waals surface area contributed by atoms with E-state index in [1.807, 2.05) is 0 Å². The van der Waals surface area contributed by atoms with Crippen molar-refractivity contribution < 1.29 is 9.84 Å². The van der Waals surface area contributed by atoms with Crippen LogP contribution in [-0.4, -0.2) is 38.0 Å². The zero-order valence-corrected chi connectivity index (χ0v) is 11.3. The van der Waals surface area contributed by atoms with Crippen molar-refractivity contribution in [3.05, 3.63) is 35.9 Å². The molecule has 3 heteroatoms. The van der Waals surface area contributed by atoms with Crippen LogP contribution in [0, 0.1) is 0 Å². The number of ether oxygens (including phenoxy) is 1. The van der Waals surface area contributed by atoms with Crippen molar-refractivity contribution in [3.63, 3.8) is 0 Å². The van der Waals surface area contributed by atoms with Gasteiger partial charge in [-0.15, -0.1) is 0 Å². The highest BCUT2D eigenvalue weighted by molar-refractivity contribution is 5.18. The third-order valence-corrected chi connectivity index (χ3v) is 3.00. The third-order valence-electron chi connectivity index (χ3n) is 3.00. The van der Waals surface area contributed by atoms with Crippen LogP contribution in [0.15, 0.2) is 30.3 Å². The SMILES string of the molecule is CC(CCNCCCOCCO)c1ccccc1. The fourth-order valence-corrected chi connectivity index (χ4v) is 1.86. The topological polar surface area (TPSA) is 41.5 Å². The van der Waals surface area contributed by atoms with Gasteiger partial charge in [-0.05, 0) is 37.4 Å². The Balaban J connectivity index is 1.98. The Morgan fingerprint density at radius 2 is 1.94 bits per heavy atom. The molecule has 0 bridgehead atoms. The van der Waals surface area contributed by atoms with Gasteiger partial charge in [-0.3, -0.25) is 0 Å². The van der Waals surface area contributed by atoms with E-state index < -0.39 is 0 Å². The molecule has 0 saturated heterocycles. The molecule has 0 aliphatic heterocycles. The van der Waals surface area contributed by atoms with Crippen LogP contribution >= 0.6 is 0 Å². The minimum absolute atomic E-state index is 0.113. The lowest BCUT2D eigenvalue weighted by molar-refractivity contribution is 0.0907. The van der Waals surface area contributed by atoms with Crippen molar-refractivity contribution in [2.24, 2.45) is 0 Å². The van der Waals surface area contributed by atoms with Crippen molar-refractivity contribution in [3.8, 4) is 0 Å². The number of hydrogen-bond donors (Lipinski definition) is 2. The van der Waals surface area contributed by atoms with Crippen LogP contribution in [0.5, 0.6) is 0 Å². The molecule has 1 unspecified atom stereocenters. The summed E-state index contributed by atoms with van der Waals surface area (Å²) in [5, 5.41) is 12.0. The largest absolute Gasteiger partial charge is 0.394 e.